The standard InChI is InChI=1S/C20H17ClN2O4S2/c1-3-12-23-19(24)18(13-14-4-8-16(27-2)9-5-14)28-20(23)22-29(25,26)17-10-6-15(21)7-11-17/h3-11,13H,1,12H2,2H3/b18-13-,22-20?. The Morgan fingerprint density at radius 1 is 1.17 bits per heavy atom. The fourth-order valence-electron chi connectivity index (χ4n) is 2.48. The number of halogens is 1. The van der Waals surface area contributed by atoms with Crippen LogP contribution in [0.1, 0.15) is 5.56 Å². The second-order valence-corrected chi connectivity index (χ2v) is 8.94. The van der Waals surface area contributed by atoms with E-state index < -0.39 is 10.0 Å². The van der Waals surface area contributed by atoms with E-state index in [9.17, 15) is 13.2 Å². The van der Waals surface area contributed by atoms with E-state index >= 15 is 0 Å². The van der Waals surface area contributed by atoms with Gasteiger partial charge in [-0.1, -0.05) is 29.8 Å². The van der Waals surface area contributed by atoms with Crippen LogP contribution in [0.25, 0.3) is 6.08 Å². The lowest BCUT2D eigenvalue weighted by Crippen LogP contribution is -2.29. The Morgan fingerprint density at radius 3 is 2.41 bits per heavy atom. The van der Waals surface area contributed by atoms with E-state index in [0.29, 0.717) is 15.7 Å². The summed E-state index contributed by atoms with van der Waals surface area (Å²) in [5.74, 6) is 0.359. The van der Waals surface area contributed by atoms with Crippen LogP contribution in [0, 0.1) is 0 Å². The van der Waals surface area contributed by atoms with Crippen LogP contribution in [0.5, 0.6) is 5.75 Å². The van der Waals surface area contributed by atoms with Crippen molar-refractivity contribution >= 4 is 50.5 Å². The van der Waals surface area contributed by atoms with Gasteiger partial charge in [-0.15, -0.1) is 11.0 Å². The first-order valence-corrected chi connectivity index (χ1v) is 11.0. The molecule has 150 valence electrons. The number of amides is 1. The highest BCUT2D eigenvalue weighted by Gasteiger charge is 2.34. The zero-order valence-electron chi connectivity index (χ0n) is 15.4. The minimum Gasteiger partial charge on any atom is -0.497 e. The van der Waals surface area contributed by atoms with Crippen molar-refractivity contribution in [3.8, 4) is 5.75 Å². The molecule has 0 bridgehead atoms. The van der Waals surface area contributed by atoms with E-state index in [1.54, 1.807) is 37.5 Å². The van der Waals surface area contributed by atoms with Gasteiger partial charge in [0, 0.05) is 11.6 Å². The van der Waals surface area contributed by atoms with Crippen LogP contribution in [0.2, 0.25) is 5.02 Å². The van der Waals surface area contributed by atoms with Crippen molar-refractivity contribution in [2.75, 3.05) is 13.7 Å². The smallest absolute Gasteiger partial charge is 0.284 e. The molecule has 0 radical (unpaired) electrons. The van der Waals surface area contributed by atoms with Crippen molar-refractivity contribution in [2.45, 2.75) is 4.90 Å². The number of rotatable bonds is 6. The van der Waals surface area contributed by atoms with Crippen molar-refractivity contribution < 1.29 is 17.9 Å². The second-order valence-electron chi connectivity index (χ2n) is 5.89. The predicted octanol–water partition coefficient (Wildman–Crippen LogP) is 4.20. The maximum absolute atomic E-state index is 12.8. The molecule has 9 heteroatoms. The molecule has 2 aromatic carbocycles. The molecule has 1 amide bonds. The molecule has 6 nitrogen and oxygen atoms in total. The largest absolute Gasteiger partial charge is 0.497 e. The topological polar surface area (TPSA) is 76.0 Å². The molecule has 0 saturated carbocycles. The lowest BCUT2D eigenvalue weighted by Gasteiger charge is -2.12. The monoisotopic (exact) mass is 448 g/mol. The average Bonchev–Trinajstić information content (AvgIpc) is 2.97. The maximum atomic E-state index is 12.8. The van der Waals surface area contributed by atoms with Crippen LogP contribution in [0.4, 0.5) is 0 Å². The van der Waals surface area contributed by atoms with Crippen molar-refractivity contribution in [2.24, 2.45) is 4.40 Å². The molecular formula is C20H17ClN2O4S2. The second kappa shape index (κ2) is 8.86. The normalized spacial score (nSPS) is 17.2. The Bertz CT molecular complexity index is 1090. The molecule has 1 heterocycles. The first-order chi connectivity index (χ1) is 13.8. The van der Waals surface area contributed by atoms with Crippen LogP contribution < -0.4 is 4.74 Å². The summed E-state index contributed by atoms with van der Waals surface area (Å²) in [6.07, 6.45) is 3.19. The fraction of sp³-hybridized carbons (Fsp3) is 0.100. The highest BCUT2D eigenvalue weighted by atomic mass is 35.5. The number of amidine groups is 1. The van der Waals surface area contributed by atoms with Crippen molar-refractivity contribution in [3.63, 3.8) is 0 Å². The molecule has 29 heavy (non-hydrogen) atoms. The highest BCUT2D eigenvalue weighted by molar-refractivity contribution is 8.19. The summed E-state index contributed by atoms with van der Waals surface area (Å²) in [6, 6.07) is 12.8. The molecule has 0 unspecified atom stereocenters. The molecule has 1 aliphatic rings. The lowest BCUT2D eigenvalue weighted by molar-refractivity contribution is -0.121. The number of ether oxygens (including phenoxy) is 1. The Balaban J connectivity index is 1.96. The summed E-state index contributed by atoms with van der Waals surface area (Å²) in [5.41, 5.74) is 0.780. The summed E-state index contributed by atoms with van der Waals surface area (Å²) in [5, 5.41) is 0.490. The first-order valence-electron chi connectivity index (χ1n) is 8.41. The number of carbonyl (C=O) groups is 1. The number of nitrogens with zero attached hydrogens (tertiary/aromatic N) is 2. The number of benzene rings is 2. The van der Waals surface area contributed by atoms with E-state index in [1.165, 1.54) is 35.2 Å². The van der Waals surface area contributed by atoms with E-state index in [4.69, 9.17) is 16.3 Å². The van der Waals surface area contributed by atoms with Gasteiger partial charge in [0.25, 0.3) is 15.9 Å². The van der Waals surface area contributed by atoms with Gasteiger partial charge in [0.05, 0.1) is 16.9 Å². The molecule has 1 fully saturated rings. The lowest BCUT2D eigenvalue weighted by atomic mass is 10.2. The molecule has 3 rings (SSSR count). The van der Waals surface area contributed by atoms with Crippen molar-refractivity contribution in [3.05, 3.63) is 76.7 Å². The Hall–Kier alpha value is -2.55. The van der Waals surface area contributed by atoms with Gasteiger partial charge >= 0.3 is 0 Å². The van der Waals surface area contributed by atoms with Crippen LogP contribution in [-0.4, -0.2) is 38.0 Å². The molecule has 0 N–H and O–H groups in total. The minimum absolute atomic E-state index is 0.00594. The van der Waals surface area contributed by atoms with Crippen molar-refractivity contribution in [1.82, 2.24) is 4.90 Å². The average molecular weight is 449 g/mol. The molecule has 0 aliphatic carbocycles. The predicted molar refractivity (Wildman–Crippen MR) is 117 cm³/mol. The molecule has 0 aromatic heterocycles. The van der Waals surface area contributed by atoms with Crippen LogP contribution >= 0.6 is 23.4 Å². The third-order valence-corrected chi connectivity index (χ3v) is 6.58. The zero-order valence-corrected chi connectivity index (χ0v) is 17.8. The van der Waals surface area contributed by atoms with Gasteiger partial charge in [-0.05, 0) is 59.8 Å². The quantitative estimate of drug-likeness (QED) is 0.489. The van der Waals surface area contributed by atoms with Gasteiger partial charge in [0.2, 0.25) is 0 Å². The van der Waals surface area contributed by atoms with Gasteiger partial charge in [-0.3, -0.25) is 9.69 Å². The molecule has 2 aromatic rings. The molecule has 1 saturated heterocycles. The fourth-order valence-corrected chi connectivity index (χ4v) is 4.80. The number of sulfonamides is 1. The number of thioether (sulfide) groups is 1. The molecule has 0 spiro atoms. The van der Waals surface area contributed by atoms with Crippen molar-refractivity contribution in [1.29, 1.82) is 0 Å². The van der Waals surface area contributed by atoms with Gasteiger partial charge in [-0.2, -0.15) is 8.42 Å². The first kappa shape index (κ1) is 21.2. The van der Waals surface area contributed by atoms with Gasteiger partial charge in [-0.25, -0.2) is 0 Å². The number of carbonyl (C=O) groups excluding carboxylic acids is 1. The third-order valence-electron chi connectivity index (χ3n) is 3.92. The third kappa shape index (κ3) is 4.90. The van der Waals surface area contributed by atoms with Crippen LogP contribution in [-0.2, 0) is 14.8 Å². The van der Waals surface area contributed by atoms with E-state index in [0.717, 1.165) is 17.3 Å². The highest BCUT2D eigenvalue weighted by Crippen LogP contribution is 2.34. The Labute approximate surface area is 178 Å². The molecular weight excluding hydrogens is 432 g/mol. The summed E-state index contributed by atoms with van der Waals surface area (Å²) >= 11 is 6.82. The SMILES string of the molecule is C=CCN1C(=O)/C(=C/c2ccc(OC)cc2)SC1=NS(=O)(=O)c1ccc(Cl)cc1. The summed E-state index contributed by atoms with van der Waals surface area (Å²) in [4.78, 5) is 14.4. The zero-order chi connectivity index (χ0) is 21.0. The van der Waals surface area contributed by atoms with Gasteiger partial charge in [0.15, 0.2) is 5.17 Å². The molecule has 0 atom stereocenters. The number of hydrogen-bond donors (Lipinski definition) is 0. The van der Waals surface area contributed by atoms with Crippen LogP contribution in [0.15, 0.2) is 75.4 Å². The number of hydrogen-bond acceptors (Lipinski definition) is 5. The minimum atomic E-state index is -4.00. The van der Waals surface area contributed by atoms with Gasteiger partial charge in [0.1, 0.15) is 5.75 Å². The summed E-state index contributed by atoms with van der Waals surface area (Å²) < 4.78 is 34.3. The Kier molecular flexibility index (Phi) is 6.46. The maximum Gasteiger partial charge on any atom is 0.284 e. The van der Waals surface area contributed by atoms with E-state index in [1.807, 2.05) is 0 Å². The Morgan fingerprint density at radius 2 is 1.83 bits per heavy atom. The number of methoxy groups -OCH3 is 1. The summed E-state index contributed by atoms with van der Waals surface area (Å²) in [7, 11) is -2.43. The van der Waals surface area contributed by atoms with E-state index in [2.05, 4.69) is 11.0 Å². The summed E-state index contributed by atoms with van der Waals surface area (Å²) in [6.45, 7) is 3.77. The molecule has 1 aliphatic heterocycles. The van der Waals surface area contributed by atoms with Crippen LogP contribution in [0.3, 0.4) is 0 Å². The van der Waals surface area contributed by atoms with Gasteiger partial charge < -0.3 is 4.74 Å². The van der Waals surface area contributed by atoms with E-state index in [-0.39, 0.29) is 22.5 Å².